The summed E-state index contributed by atoms with van der Waals surface area (Å²) >= 11 is 0. The molecule has 80 heavy (non-hydrogen) atoms. The van der Waals surface area contributed by atoms with Gasteiger partial charge in [-0.05, 0) is 116 Å². The molecule has 0 radical (unpaired) electrons. The third-order valence-corrected chi connectivity index (χ3v) is 14.4. The topological polar surface area (TPSA) is 72.8 Å². The standard InChI is InChI=1S/C75H126O5/c1-3-5-7-9-11-13-15-17-19-21-23-25-27-29-30-31-32-33-34-35-36-37-38-39-40-41-42-43-44-46-48-50-52-54-56-58-60-62-64-66-68-70-75(78)80-73(71-76)72-79-74(77)69-67-65-63-61-59-57-55-53-51-49-47-45-28-26-24-22-20-18-16-14-12-10-8-6-4-2/h5,7,11,13,16-19,22-25,29-30,32-33,35-36,38-39,41-42,73,76H,3-4,6,8-10,12,14-15,20-21,26-28,31,34,37,40,43-72H2,1-2H3/b7-5-,13-11-,18-16-,19-17-,24-22-,25-23-,30-29-,33-32-,36-35-,39-38-,42-41-. The lowest BCUT2D eigenvalue weighted by Crippen LogP contribution is -2.28. The first kappa shape index (κ1) is 76.0. The van der Waals surface area contributed by atoms with Gasteiger partial charge in [-0.2, -0.15) is 0 Å². The van der Waals surface area contributed by atoms with E-state index in [9.17, 15) is 14.7 Å². The summed E-state index contributed by atoms with van der Waals surface area (Å²) in [6.45, 7) is 4.04. The van der Waals surface area contributed by atoms with Crippen LogP contribution in [0.2, 0.25) is 0 Å². The third-order valence-electron chi connectivity index (χ3n) is 14.4. The average Bonchev–Trinajstić information content (AvgIpc) is 3.46. The molecule has 0 aliphatic carbocycles. The first-order valence-corrected chi connectivity index (χ1v) is 33.7. The second-order valence-electron chi connectivity index (χ2n) is 22.2. The van der Waals surface area contributed by atoms with Crippen LogP contribution in [-0.2, 0) is 19.1 Å². The number of rotatable bonds is 61. The molecule has 0 amide bonds. The minimum absolute atomic E-state index is 0.0702. The lowest BCUT2D eigenvalue weighted by atomic mass is 10.0. The van der Waals surface area contributed by atoms with Crippen molar-refractivity contribution in [3.63, 3.8) is 0 Å². The van der Waals surface area contributed by atoms with Crippen LogP contribution >= 0.6 is 0 Å². The summed E-state index contributed by atoms with van der Waals surface area (Å²) < 4.78 is 10.7. The van der Waals surface area contributed by atoms with Gasteiger partial charge in [0, 0.05) is 12.8 Å². The number of aliphatic hydroxyl groups excluding tert-OH is 1. The number of aliphatic hydroxyl groups is 1. The van der Waals surface area contributed by atoms with Crippen LogP contribution in [0, 0.1) is 0 Å². The maximum atomic E-state index is 12.4. The molecule has 0 bridgehead atoms. The second-order valence-corrected chi connectivity index (χ2v) is 22.2. The van der Waals surface area contributed by atoms with Gasteiger partial charge in [0.25, 0.3) is 0 Å². The maximum absolute atomic E-state index is 12.4. The molecule has 0 aromatic rings. The van der Waals surface area contributed by atoms with E-state index < -0.39 is 6.10 Å². The number of hydrogen-bond acceptors (Lipinski definition) is 5. The smallest absolute Gasteiger partial charge is 0.306 e. The second kappa shape index (κ2) is 69.3. The summed E-state index contributed by atoms with van der Waals surface area (Å²) in [5.74, 6) is -0.589. The molecule has 1 N–H and O–H groups in total. The minimum Gasteiger partial charge on any atom is -0.462 e. The van der Waals surface area contributed by atoms with Crippen molar-refractivity contribution < 1.29 is 24.2 Å². The summed E-state index contributed by atoms with van der Waals surface area (Å²) in [5.41, 5.74) is 0. The van der Waals surface area contributed by atoms with E-state index in [1.165, 1.54) is 180 Å². The molecular weight excluding hydrogens is 981 g/mol. The molecule has 0 aromatic carbocycles. The fourth-order valence-electron chi connectivity index (χ4n) is 9.40. The fourth-order valence-corrected chi connectivity index (χ4v) is 9.40. The molecule has 5 heteroatoms. The van der Waals surface area contributed by atoms with E-state index in [0.717, 1.165) is 103 Å². The summed E-state index contributed by atoms with van der Waals surface area (Å²) in [5, 5.41) is 9.69. The van der Waals surface area contributed by atoms with E-state index in [4.69, 9.17) is 9.47 Å². The van der Waals surface area contributed by atoms with Crippen molar-refractivity contribution in [2.24, 2.45) is 0 Å². The number of allylic oxidation sites excluding steroid dienone is 22. The summed E-state index contributed by atoms with van der Waals surface area (Å²) in [7, 11) is 0. The highest BCUT2D eigenvalue weighted by Gasteiger charge is 2.16. The van der Waals surface area contributed by atoms with Crippen LogP contribution in [0.1, 0.15) is 309 Å². The quantitative estimate of drug-likeness (QED) is 0.0373. The van der Waals surface area contributed by atoms with Crippen molar-refractivity contribution in [3.8, 4) is 0 Å². The Hall–Kier alpha value is -3.96. The van der Waals surface area contributed by atoms with E-state index >= 15 is 0 Å². The molecule has 0 spiro atoms. The summed E-state index contributed by atoms with van der Waals surface area (Å²) in [6, 6.07) is 0. The number of unbranched alkanes of at least 4 members (excludes halogenated alkanes) is 31. The van der Waals surface area contributed by atoms with E-state index in [-0.39, 0.29) is 25.2 Å². The SMILES string of the molecule is CC/C=C\C/C=C\C/C=C\C/C=C\C/C=C\C/C=C\C/C=C\C/C=C\C/C=C\CCCCCCCCCCCCCCCC(=O)OC(CO)COC(=O)CCCCCCCCCCCCCCC/C=C\C/C=C\CCCCCCC. The normalized spacial score (nSPS) is 13.1. The van der Waals surface area contributed by atoms with Gasteiger partial charge < -0.3 is 14.6 Å². The zero-order valence-electron chi connectivity index (χ0n) is 52.3. The third kappa shape index (κ3) is 66.6. The van der Waals surface area contributed by atoms with Crippen LogP contribution in [0.25, 0.3) is 0 Å². The van der Waals surface area contributed by atoms with Gasteiger partial charge in [-0.15, -0.1) is 0 Å². The molecule has 456 valence electrons. The molecule has 1 unspecified atom stereocenters. The highest BCUT2D eigenvalue weighted by molar-refractivity contribution is 5.70. The van der Waals surface area contributed by atoms with Crippen molar-refractivity contribution >= 4 is 11.9 Å². The Morgan fingerprint density at radius 1 is 0.300 bits per heavy atom. The molecule has 1 atom stereocenters. The predicted molar refractivity (Wildman–Crippen MR) is 352 cm³/mol. The highest BCUT2D eigenvalue weighted by atomic mass is 16.6. The molecule has 0 saturated carbocycles. The van der Waals surface area contributed by atoms with Crippen molar-refractivity contribution in [3.05, 3.63) is 134 Å². The summed E-state index contributed by atoms with van der Waals surface area (Å²) in [6.07, 6.45) is 103. The molecular formula is C75H126O5. The Bertz CT molecular complexity index is 1630. The predicted octanol–water partition coefficient (Wildman–Crippen LogP) is 23.5. The lowest BCUT2D eigenvalue weighted by molar-refractivity contribution is -0.161. The van der Waals surface area contributed by atoms with Crippen molar-refractivity contribution in [1.82, 2.24) is 0 Å². The molecule has 0 heterocycles. The van der Waals surface area contributed by atoms with Crippen LogP contribution in [0.15, 0.2) is 134 Å². The van der Waals surface area contributed by atoms with E-state index in [2.05, 4.69) is 148 Å². The molecule has 0 aliphatic rings. The summed E-state index contributed by atoms with van der Waals surface area (Å²) in [4.78, 5) is 24.6. The number of esters is 2. The highest BCUT2D eigenvalue weighted by Crippen LogP contribution is 2.16. The van der Waals surface area contributed by atoms with Crippen LogP contribution in [-0.4, -0.2) is 36.4 Å². The van der Waals surface area contributed by atoms with Crippen LogP contribution in [0.3, 0.4) is 0 Å². The zero-order valence-corrected chi connectivity index (χ0v) is 52.3. The van der Waals surface area contributed by atoms with Crippen molar-refractivity contribution in [1.29, 1.82) is 0 Å². The number of carbonyl (C=O) groups is 2. The Kier molecular flexibility index (Phi) is 65.9. The monoisotopic (exact) mass is 1110 g/mol. The number of hydrogen-bond donors (Lipinski definition) is 1. The Balaban J connectivity index is 3.52. The average molecular weight is 1110 g/mol. The Labute approximate surface area is 496 Å². The maximum Gasteiger partial charge on any atom is 0.306 e. The molecule has 0 rings (SSSR count). The van der Waals surface area contributed by atoms with E-state index in [1.54, 1.807) is 0 Å². The molecule has 0 fully saturated rings. The van der Waals surface area contributed by atoms with E-state index in [1.807, 2.05) is 0 Å². The molecule has 0 aromatic heterocycles. The minimum atomic E-state index is -0.781. The van der Waals surface area contributed by atoms with Crippen molar-refractivity contribution in [2.45, 2.75) is 315 Å². The van der Waals surface area contributed by atoms with E-state index in [0.29, 0.717) is 12.8 Å². The van der Waals surface area contributed by atoms with Gasteiger partial charge in [0.05, 0.1) is 6.61 Å². The Morgan fingerprint density at radius 3 is 0.812 bits per heavy atom. The first-order valence-electron chi connectivity index (χ1n) is 33.7. The van der Waals surface area contributed by atoms with Crippen molar-refractivity contribution in [2.75, 3.05) is 13.2 Å². The largest absolute Gasteiger partial charge is 0.462 e. The van der Waals surface area contributed by atoms with Gasteiger partial charge in [-0.3, -0.25) is 9.59 Å². The van der Waals surface area contributed by atoms with Crippen LogP contribution in [0.4, 0.5) is 0 Å². The van der Waals surface area contributed by atoms with Gasteiger partial charge >= 0.3 is 11.9 Å². The van der Waals surface area contributed by atoms with Gasteiger partial charge in [0.15, 0.2) is 6.10 Å². The van der Waals surface area contributed by atoms with Gasteiger partial charge in [-0.1, -0.05) is 314 Å². The fraction of sp³-hybridized carbons (Fsp3) is 0.680. The van der Waals surface area contributed by atoms with Gasteiger partial charge in [0.2, 0.25) is 0 Å². The van der Waals surface area contributed by atoms with Gasteiger partial charge in [0.1, 0.15) is 6.61 Å². The number of ether oxygens (including phenoxy) is 2. The van der Waals surface area contributed by atoms with Gasteiger partial charge in [-0.25, -0.2) is 0 Å². The number of carbonyl (C=O) groups excluding carboxylic acids is 2. The molecule has 0 saturated heterocycles. The van der Waals surface area contributed by atoms with Crippen LogP contribution < -0.4 is 0 Å². The lowest BCUT2D eigenvalue weighted by Gasteiger charge is -2.15. The molecule has 5 nitrogen and oxygen atoms in total. The molecule has 0 aliphatic heterocycles. The zero-order chi connectivity index (χ0) is 57.6. The Morgan fingerprint density at radius 2 is 0.537 bits per heavy atom. The van der Waals surface area contributed by atoms with Crippen LogP contribution in [0.5, 0.6) is 0 Å². The first-order chi connectivity index (χ1) is 39.6.